The molecule has 0 aliphatic carbocycles. The molecule has 0 saturated heterocycles. The van der Waals surface area contributed by atoms with Gasteiger partial charge in [0, 0.05) is 28.2 Å². The van der Waals surface area contributed by atoms with E-state index in [2.05, 4.69) is 9.85 Å². The summed E-state index contributed by atoms with van der Waals surface area (Å²) in [6.07, 6.45) is 0.196. The van der Waals surface area contributed by atoms with Crippen LogP contribution in [0.1, 0.15) is 22.8 Å². The highest BCUT2D eigenvalue weighted by Crippen LogP contribution is 2.06. The van der Waals surface area contributed by atoms with Gasteiger partial charge < -0.3 is 4.74 Å². The third-order valence-electron chi connectivity index (χ3n) is 2.08. The molecule has 1 aromatic carbocycles. The molecule has 0 bridgehead atoms. The van der Waals surface area contributed by atoms with Gasteiger partial charge in [0.15, 0.2) is 12.4 Å². The molecule has 1 aromatic rings. The first-order valence-electron chi connectivity index (χ1n) is 4.97. The van der Waals surface area contributed by atoms with Crippen LogP contribution in [0.5, 0.6) is 0 Å². The number of ether oxygens (including phenoxy) is 1. The van der Waals surface area contributed by atoms with Gasteiger partial charge >= 0.3 is 5.97 Å². The second-order valence-electron chi connectivity index (χ2n) is 3.36. The summed E-state index contributed by atoms with van der Waals surface area (Å²) in [4.78, 5) is 22.4. The van der Waals surface area contributed by atoms with Gasteiger partial charge in [-0.05, 0) is 16.4 Å². The third-order valence-corrected chi connectivity index (χ3v) is 2.46. The number of carbonyl (C=O) groups is 2. The molecule has 88 valence electrons. The highest BCUT2D eigenvalue weighted by Gasteiger charge is 2.05. The van der Waals surface area contributed by atoms with Crippen molar-refractivity contribution in [3.63, 3.8) is 0 Å². The molecule has 3 nitrogen and oxygen atoms in total. The Morgan fingerprint density at radius 1 is 1.29 bits per heavy atom. The molecule has 0 fully saturated rings. The summed E-state index contributed by atoms with van der Waals surface area (Å²) in [5, 5.41) is 0. The Morgan fingerprint density at radius 2 is 1.94 bits per heavy atom. The van der Waals surface area contributed by atoms with Crippen LogP contribution in [0.4, 0.5) is 0 Å². The largest absolute Gasteiger partial charge is 0.452 e. The Balaban J connectivity index is 2.53. The molecule has 0 atom stereocenters. The molecule has 0 radical (unpaired) electrons. The maximum atomic E-state index is 11.3. The monoisotopic (exact) mass is 342 g/mol. The van der Waals surface area contributed by atoms with Gasteiger partial charge in [0.2, 0.25) is 0 Å². The van der Waals surface area contributed by atoms with Gasteiger partial charge in [0.25, 0.3) is 0 Å². The van der Waals surface area contributed by atoms with E-state index in [-0.39, 0.29) is 24.8 Å². The highest BCUT2D eigenvalue weighted by atomic mass is 127. The minimum absolute atomic E-state index is 0.0106. The van der Waals surface area contributed by atoms with Crippen LogP contribution >= 0.6 is 22.6 Å². The number of carbonyl (C=O) groups excluding carboxylic acids is 2. The Bertz CT molecular complexity index is 466. The summed E-state index contributed by atoms with van der Waals surface area (Å²) in [7, 11) is 0. The van der Waals surface area contributed by atoms with E-state index in [4.69, 9.17) is 4.74 Å². The maximum Gasteiger partial charge on any atom is 0.311 e. The topological polar surface area (TPSA) is 43.4 Å². The SMILES string of the molecule is CC(=O)c1ccc(CC(=O)OCC#CI)cc1. The summed E-state index contributed by atoms with van der Waals surface area (Å²) < 4.78 is 7.49. The van der Waals surface area contributed by atoms with Gasteiger partial charge in [-0.25, -0.2) is 0 Å². The molecule has 4 heteroatoms. The summed E-state index contributed by atoms with van der Waals surface area (Å²) >= 11 is 1.88. The van der Waals surface area contributed by atoms with Crippen LogP contribution < -0.4 is 0 Å². The molecule has 0 N–H and O–H groups in total. The van der Waals surface area contributed by atoms with Gasteiger partial charge in [0.1, 0.15) is 0 Å². The summed E-state index contributed by atoms with van der Waals surface area (Å²) in [6, 6.07) is 6.91. The lowest BCUT2D eigenvalue weighted by atomic mass is 10.1. The first kappa shape index (κ1) is 13.7. The van der Waals surface area contributed by atoms with Gasteiger partial charge in [-0.2, -0.15) is 0 Å². The highest BCUT2D eigenvalue weighted by molar-refractivity contribution is 14.1. The van der Waals surface area contributed by atoms with Crippen molar-refractivity contribution in [3.8, 4) is 9.85 Å². The predicted octanol–water partition coefficient (Wildman–Crippen LogP) is 2.37. The van der Waals surface area contributed by atoms with Gasteiger partial charge in [-0.1, -0.05) is 30.2 Å². The molecule has 0 aliphatic rings. The van der Waals surface area contributed by atoms with Crippen molar-refractivity contribution in [1.29, 1.82) is 0 Å². The number of Topliss-reactive ketones (excluding diaryl/α,β-unsaturated/α-hetero) is 1. The molecule has 1 rings (SSSR count). The standard InChI is InChI=1S/C13H11IO3/c1-10(15)12-5-3-11(4-6-12)9-13(16)17-8-2-7-14/h3-6H,8-9H2,1H3. The first-order valence-corrected chi connectivity index (χ1v) is 6.05. The van der Waals surface area contributed by atoms with Gasteiger partial charge in [-0.15, -0.1) is 0 Å². The Morgan fingerprint density at radius 3 is 2.47 bits per heavy atom. The molecule has 0 amide bonds. The van der Waals surface area contributed by atoms with Crippen LogP contribution in [0.3, 0.4) is 0 Å². The van der Waals surface area contributed by atoms with E-state index in [0.29, 0.717) is 5.56 Å². The summed E-state index contributed by atoms with van der Waals surface area (Å²) in [5.74, 6) is 2.33. The van der Waals surface area contributed by atoms with Crippen LogP contribution in [0, 0.1) is 9.85 Å². The Labute approximate surface area is 114 Å². The number of esters is 1. The van der Waals surface area contributed by atoms with Crippen LogP contribution in [-0.4, -0.2) is 18.4 Å². The summed E-state index contributed by atoms with van der Waals surface area (Å²) in [6.45, 7) is 1.62. The number of hydrogen-bond donors (Lipinski definition) is 0. The Hall–Kier alpha value is -1.35. The predicted molar refractivity (Wildman–Crippen MR) is 72.9 cm³/mol. The smallest absolute Gasteiger partial charge is 0.311 e. The third kappa shape index (κ3) is 5.00. The minimum atomic E-state index is -0.320. The van der Waals surface area contributed by atoms with E-state index in [9.17, 15) is 9.59 Å². The van der Waals surface area contributed by atoms with Crippen LogP contribution in [0.2, 0.25) is 0 Å². The van der Waals surface area contributed by atoms with Crippen LogP contribution in [-0.2, 0) is 16.0 Å². The van der Waals surface area contributed by atoms with E-state index in [1.54, 1.807) is 24.3 Å². The molecule has 0 unspecified atom stereocenters. The van der Waals surface area contributed by atoms with Crippen molar-refractivity contribution >= 4 is 34.3 Å². The second kappa shape index (κ2) is 7.07. The number of halogens is 1. The zero-order chi connectivity index (χ0) is 12.7. The quantitative estimate of drug-likeness (QED) is 0.365. The van der Waals surface area contributed by atoms with E-state index in [1.165, 1.54) is 6.92 Å². The molecule has 0 saturated carbocycles. The minimum Gasteiger partial charge on any atom is -0.452 e. The lowest BCUT2D eigenvalue weighted by Gasteiger charge is -2.02. The van der Waals surface area contributed by atoms with Crippen molar-refractivity contribution in [3.05, 3.63) is 35.4 Å². The maximum absolute atomic E-state index is 11.3. The molecular weight excluding hydrogens is 331 g/mol. The molecule has 0 aromatic heterocycles. The summed E-state index contributed by atoms with van der Waals surface area (Å²) in [5.41, 5.74) is 1.46. The van der Waals surface area contributed by atoms with Crippen molar-refractivity contribution in [1.82, 2.24) is 0 Å². The molecule has 0 aliphatic heterocycles. The average molecular weight is 342 g/mol. The van der Waals surface area contributed by atoms with Crippen molar-refractivity contribution in [2.75, 3.05) is 6.61 Å². The van der Waals surface area contributed by atoms with Gasteiger partial charge in [0.05, 0.1) is 6.42 Å². The van der Waals surface area contributed by atoms with E-state index >= 15 is 0 Å². The fraction of sp³-hybridized carbons (Fsp3) is 0.231. The van der Waals surface area contributed by atoms with E-state index in [1.807, 2.05) is 22.6 Å². The Kier molecular flexibility index (Phi) is 5.70. The molecule has 0 spiro atoms. The second-order valence-corrected chi connectivity index (χ2v) is 3.90. The lowest BCUT2D eigenvalue weighted by Crippen LogP contribution is -2.08. The zero-order valence-corrected chi connectivity index (χ0v) is 11.5. The van der Waals surface area contributed by atoms with Crippen LogP contribution in [0.25, 0.3) is 0 Å². The van der Waals surface area contributed by atoms with Crippen molar-refractivity contribution in [2.45, 2.75) is 13.3 Å². The number of ketones is 1. The van der Waals surface area contributed by atoms with Gasteiger partial charge in [-0.3, -0.25) is 9.59 Å². The number of hydrogen-bond acceptors (Lipinski definition) is 3. The number of benzene rings is 1. The van der Waals surface area contributed by atoms with E-state index < -0.39 is 0 Å². The molecule has 0 heterocycles. The molecular formula is C13H11IO3. The van der Waals surface area contributed by atoms with Crippen molar-refractivity contribution in [2.24, 2.45) is 0 Å². The fourth-order valence-corrected chi connectivity index (χ4v) is 1.37. The lowest BCUT2D eigenvalue weighted by molar-refractivity contribution is -0.141. The average Bonchev–Trinajstić information content (AvgIpc) is 2.30. The number of rotatable bonds is 4. The first-order chi connectivity index (χ1) is 8.13. The van der Waals surface area contributed by atoms with Crippen LogP contribution in [0.15, 0.2) is 24.3 Å². The molecule has 17 heavy (non-hydrogen) atoms. The fourth-order valence-electron chi connectivity index (χ4n) is 1.22. The van der Waals surface area contributed by atoms with Crippen molar-refractivity contribution < 1.29 is 14.3 Å². The zero-order valence-electron chi connectivity index (χ0n) is 9.33. The van der Waals surface area contributed by atoms with E-state index in [0.717, 1.165) is 5.56 Å². The normalized spacial score (nSPS) is 9.06.